The summed E-state index contributed by atoms with van der Waals surface area (Å²) >= 11 is 6.71. The Balaban J connectivity index is 1.76. The van der Waals surface area contributed by atoms with Crippen LogP contribution in [-0.2, 0) is 12.8 Å². The normalized spacial score (nSPS) is 11.3. The Morgan fingerprint density at radius 1 is 0.692 bits per heavy atom. The van der Waals surface area contributed by atoms with Crippen LogP contribution in [0.25, 0.3) is 9.40 Å². The van der Waals surface area contributed by atoms with Crippen molar-refractivity contribution < 1.29 is 9.59 Å². The van der Waals surface area contributed by atoms with E-state index in [0.717, 1.165) is 55.7 Å². The van der Waals surface area contributed by atoms with Gasteiger partial charge in [-0.2, -0.15) is 0 Å². The summed E-state index contributed by atoms with van der Waals surface area (Å²) in [4.78, 5) is 30.8. The van der Waals surface area contributed by atoms with Gasteiger partial charge in [0.25, 0.3) is 0 Å². The summed E-state index contributed by atoms with van der Waals surface area (Å²) in [5, 5.41) is 0. The third-order valence-electron chi connectivity index (χ3n) is 4.24. The van der Waals surface area contributed by atoms with Crippen LogP contribution in [0.3, 0.4) is 0 Å². The van der Waals surface area contributed by atoms with Gasteiger partial charge in [-0.25, -0.2) is 0 Å². The van der Waals surface area contributed by atoms with Gasteiger partial charge in [0, 0.05) is 53.2 Å². The molecule has 0 bridgehead atoms. The monoisotopic (exact) mass is 416 g/mol. The molecule has 0 unspecified atom stereocenters. The highest BCUT2D eigenvalue weighted by Gasteiger charge is 2.21. The smallest absolute Gasteiger partial charge is 0.152 e. The molecule has 0 radical (unpaired) electrons. The zero-order valence-corrected chi connectivity index (χ0v) is 17.6. The number of hydrogen-bond acceptors (Lipinski definition) is 6. The molecule has 132 valence electrons. The van der Waals surface area contributed by atoms with Gasteiger partial charge in [-0.15, -0.1) is 45.3 Å². The van der Waals surface area contributed by atoms with E-state index >= 15 is 0 Å². The highest BCUT2D eigenvalue weighted by molar-refractivity contribution is 7.29. The van der Waals surface area contributed by atoms with E-state index in [1.165, 1.54) is 19.5 Å². The fraction of sp³-hybridized carbons (Fsp3) is 0.200. The second-order valence-electron chi connectivity index (χ2n) is 6.15. The van der Waals surface area contributed by atoms with Crippen molar-refractivity contribution in [2.45, 2.75) is 26.7 Å². The molecule has 0 N–H and O–H groups in total. The molecular formula is C20H16O2S4. The van der Waals surface area contributed by atoms with E-state index in [2.05, 4.69) is 38.1 Å². The zero-order chi connectivity index (χ0) is 18.3. The molecule has 4 rings (SSSR count). The van der Waals surface area contributed by atoms with Gasteiger partial charge < -0.3 is 0 Å². The van der Waals surface area contributed by atoms with Crippen molar-refractivity contribution in [1.29, 1.82) is 0 Å². The van der Waals surface area contributed by atoms with Crippen LogP contribution in [0, 0.1) is 13.8 Å². The van der Waals surface area contributed by atoms with Gasteiger partial charge in [0.2, 0.25) is 0 Å². The molecule has 0 saturated carbocycles. The topological polar surface area (TPSA) is 34.1 Å². The van der Waals surface area contributed by atoms with Crippen molar-refractivity contribution in [1.82, 2.24) is 0 Å². The van der Waals surface area contributed by atoms with Crippen molar-refractivity contribution >= 4 is 67.3 Å². The molecule has 26 heavy (non-hydrogen) atoms. The Morgan fingerprint density at radius 3 is 1.42 bits per heavy atom. The van der Waals surface area contributed by atoms with Crippen molar-refractivity contribution in [3.8, 4) is 0 Å². The van der Waals surface area contributed by atoms with Gasteiger partial charge >= 0.3 is 0 Å². The van der Waals surface area contributed by atoms with E-state index in [1.54, 1.807) is 45.3 Å². The first-order chi connectivity index (χ1) is 12.6. The molecule has 4 aromatic heterocycles. The molecule has 2 nitrogen and oxygen atoms in total. The van der Waals surface area contributed by atoms with E-state index in [1.807, 2.05) is 0 Å². The van der Waals surface area contributed by atoms with E-state index in [4.69, 9.17) is 0 Å². The molecule has 0 aromatic carbocycles. The van der Waals surface area contributed by atoms with Gasteiger partial charge in [-0.1, -0.05) is 0 Å². The molecule has 0 atom stereocenters. The van der Waals surface area contributed by atoms with Crippen LogP contribution in [0.2, 0.25) is 0 Å². The molecule has 0 aliphatic heterocycles. The zero-order valence-electron chi connectivity index (χ0n) is 14.3. The van der Waals surface area contributed by atoms with Crippen molar-refractivity contribution in [2.75, 3.05) is 0 Å². The molecule has 0 fully saturated rings. The summed E-state index contributed by atoms with van der Waals surface area (Å²) in [5.41, 5.74) is 1.52. The Hall–Kier alpha value is -1.60. The number of rotatable bonds is 6. The van der Waals surface area contributed by atoms with Crippen molar-refractivity contribution in [3.63, 3.8) is 0 Å². The molecule has 0 aliphatic rings. The lowest BCUT2D eigenvalue weighted by Crippen LogP contribution is -1.87. The molecule has 0 amide bonds. The molecule has 4 aromatic rings. The van der Waals surface area contributed by atoms with E-state index < -0.39 is 0 Å². The first kappa shape index (κ1) is 17.8. The molecular weight excluding hydrogens is 400 g/mol. The summed E-state index contributed by atoms with van der Waals surface area (Å²) in [6.07, 6.45) is 3.43. The van der Waals surface area contributed by atoms with Gasteiger partial charge in [-0.3, -0.25) is 9.59 Å². The minimum absolute atomic E-state index is 0.760. The third-order valence-corrected chi connectivity index (χ3v) is 8.85. The second kappa shape index (κ2) is 7.19. The van der Waals surface area contributed by atoms with Crippen LogP contribution >= 0.6 is 45.3 Å². The SMILES string of the molecule is Cc1ccc(Cc2sc3c(C=O)c(Cc4ccc(C)s4)sc3c2C=O)s1. The number of hydrogen-bond donors (Lipinski definition) is 0. The fourth-order valence-electron chi connectivity index (χ4n) is 3.03. The quantitative estimate of drug-likeness (QED) is 0.336. The highest BCUT2D eigenvalue weighted by atomic mass is 32.1. The minimum Gasteiger partial charge on any atom is -0.298 e. The maximum absolute atomic E-state index is 11.8. The average Bonchev–Trinajstić information content (AvgIpc) is 3.34. The van der Waals surface area contributed by atoms with Gasteiger partial charge in [0.15, 0.2) is 12.6 Å². The maximum atomic E-state index is 11.8. The Morgan fingerprint density at radius 2 is 1.12 bits per heavy atom. The summed E-state index contributed by atoms with van der Waals surface area (Å²) in [7, 11) is 0. The van der Waals surface area contributed by atoms with Crippen LogP contribution < -0.4 is 0 Å². The van der Waals surface area contributed by atoms with Crippen molar-refractivity contribution in [2.24, 2.45) is 0 Å². The lowest BCUT2D eigenvalue weighted by Gasteiger charge is -1.98. The number of carbonyl (C=O) groups is 2. The minimum atomic E-state index is 0.760. The molecule has 6 heteroatoms. The van der Waals surface area contributed by atoms with Gasteiger partial charge in [0.05, 0.1) is 9.40 Å². The van der Waals surface area contributed by atoms with Crippen LogP contribution in [-0.4, -0.2) is 12.6 Å². The van der Waals surface area contributed by atoms with E-state index in [0.29, 0.717) is 0 Å². The Labute approximate surface area is 167 Å². The number of fused-ring (bicyclic) bond motifs is 1. The molecule has 0 aliphatic carbocycles. The van der Waals surface area contributed by atoms with Crippen LogP contribution in [0.15, 0.2) is 24.3 Å². The molecule has 0 saturated heterocycles. The fourth-order valence-corrected chi connectivity index (χ4v) is 7.84. The van der Waals surface area contributed by atoms with Crippen LogP contribution in [0.4, 0.5) is 0 Å². The first-order valence-corrected chi connectivity index (χ1v) is 11.4. The van der Waals surface area contributed by atoms with Crippen LogP contribution in [0.1, 0.15) is 50.0 Å². The second-order valence-corrected chi connectivity index (χ2v) is 11.1. The van der Waals surface area contributed by atoms with Crippen molar-refractivity contribution in [3.05, 3.63) is 64.7 Å². The highest BCUT2D eigenvalue weighted by Crippen LogP contribution is 2.42. The van der Waals surface area contributed by atoms with Crippen LogP contribution in [0.5, 0.6) is 0 Å². The lowest BCUT2D eigenvalue weighted by atomic mass is 10.1. The summed E-state index contributed by atoms with van der Waals surface area (Å²) in [6, 6.07) is 8.45. The number of aldehydes is 2. The number of carbonyl (C=O) groups excluding carboxylic acids is 2. The maximum Gasteiger partial charge on any atom is 0.152 e. The molecule has 4 heterocycles. The number of aryl methyl sites for hydroxylation is 2. The average molecular weight is 417 g/mol. The third kappa shape index (κ3) is 3.22. The predicted molar refractivity (Wildman–Crippen MR) is 114 cm³/mol. The standard InChI is InChI=1S/C20H16O2S4/c1-11-3-5-13(23-11)7-17-15(9-21)19-20(25-17)16(10-22)18(26-19)8-14-6-4-12(2)24-14/h3-6,9-10H,7-8H2,1-2H3. The summed E-state index contributed by atoms with van der Waals surface area (Å²) in [5.74, 6) is 0. The lowest BCUT2D eigenvalue weighted by molar-refractivity contribution is 0.111. The number of thiophene rings is 4. The first-order valence-electron chi connectivity index (χ1n) is 8.17. The van der Waals surface area contributed by atoms with E-state index in [9.17, 15) is 9.59 Å². The summed E-state index contributed by atoms with van der Waals surface area (Å²) in [6.45, 7) is 4.18. The van der Waals surface area contributed by atoms with E-state index in [-0.39, 0.29) is 0 Å². The van der Waals surface area contributed by atoms with Gasteiger partial charge in [-0.05, 0) is 38.1 Å². The molecule has 0 spiro atoms. The van der Waals surface area contributed by atoms with Gasteiger partial charge in [0.1, 0.15) is 0 Å². The Kier molecular flexibility index (Phi) is 4.92. The largest absolute Gasteiger partial charge is 0.298 e. The summed E-state index contributed by atoms with van der Waals surface area (Å²) < 4.78 is 1.94. The predicted octanol–water partition coefficient (Wildman–Crippen LogP) is 6.51. The Bertz CT molecular complexity index is 1020.